The molecule has 6 heteroatoms. The zero-order valence-corrected chi connectivity index (χ0v) is 13.6. The van der Waals surface area contributed by atoms with Gasteiger partial charge in [-0.25, -0.2) is 4.79 Å². The highest BCUT2D eigenvalue weighted by atomic mass is 32.3. The molecular weight excluding hydrogens is 264 g/mol. The Bertz CT molecular complexity index is 461. The van der Waals surface area contributed by atoms with Gasteiger partial charge in [-0.05, 0) is 18.6 Å². The molecule has 0 aliphatic rings. The van der Waals surface area contributed by atoms with Gasteiger partial charge in [0.15, 0.2) is 5.69 Å². The van der Waals surface area contributed by atoms with Gasteiger partial charge >= 0.3 is 5.97 Å². The van der Waals surface area contributed by atoms with Crippen LogP contribution >= 0.6 is 10.3 Å². The molecule has 0 bridgehead atoms. The van der Waals surface area contributed by atoms with Gasteiger partial charge < -0.3 is 8.92 Å². The van der Waals surface area contributed by atoms with E-state index in [9.17, 15) is 4.79 Å². The summed E-state index contributed by atoms with van der Waals surface area (Å²) in [6.45, 7) is 6.96. The first-order chi connectivity index (χ1) is 8.58. The molecule has 0 spiro atoms. The normalized spacial score (nSPS) is 13.4. The number of methoxy groups -OCH3 is 1. The van der Waals surface area contributed by atoms with Crippen LogP contribution < -0.4 is 0 Å². The Labute approximate surface area is 116 Å². The van der Waals surface area contributed by atoms with Crippen LogP contribution in [0.2, 0.25) is 0 Å². The smallest absolute Gasteiger partial charge is 0.358 e. The van der Waals surface area contributed by atoms with Crippen molar-refractivity contribution in [2.45, 2.75) is 32.1 Å². The largest absolute Gasteiger partial charge is 0.464 e. The third kappa shape index (κ3) is 3.73. The minimum Gasteiger partial charge on any atom is -0.464 e. The molecule has 0 aliphatic heterocycles. The van der Waals surface area contributed by atoms with Gasteiger partial charge in [-0.2, -0.15) is 5.10 Å². The summed E-state index contributed by atoms with van der Waals surface area (Å²) in [4.78, 5) is 11.4. The summed E-state index contributed by atoms with van der Waals surface area (Å²) in [5.74, 6) is -0.427. The quantitative estimate of drug-likeness (QED) is 0.799. The van der Waals surface area contributed by atoms with Gasteiger partial charge in [-0.3, -0.25) is 4.68 Å². The Morgan fingerprint density at radius 2 is 2.00 bits per heavy atom. The van der Waals surface area contributed by atoms with Crippen LogP contribution in [0.15, 0.2) is 6.07 Å². The second kappa shape index (κ2) is 5.54. The van der Waals surface area contributed by atoms with Crippen molar-refractivity contribution in [3.8, 4) is 0 Å². The predicted octanol–water partition coefficient (Wildman–Crippen LogP) is 2.50. The zero-order chi connectivity index (χ0) is 14.8. The summed E-state index contributed by atoms with van der Waals surface area (Å²) in [7, 11) is 1.96. The van der Waals surface area contributed by atoms with Gasteiger partial charge in [0, 0.05) is 11.8 Å². The van der Waals surface area contributed by atoms with Crippen molar-refractivity contribution < 1.29 is 13.7 Å². The van der Waals surface area contributed by atoms with Crippen LogP contribution in [0.1, 0.15) is 37.0 Å². The number of carbonyl (C=O) groups is 1. The molecule has 1 heterocycles. The van der Waals surface area contributed by atoms with Gasteiger partial charge in [0.05, 0.1) is 12.8 Å². The van der Waals surface area contributed by atoms with Crippen molar-refractivity contribution in [3.63, 3.8) is 0 Å². The monoisotopic (exact) mass is 288 g/mol. The molecule has 0 amide bonds. The highest BCUT2D eigenvalue weighted by Crippen LogP contribution is 2.54. The van der Waals surface area contributed by atoms with Crippen LogP contribution in [0, 0.1) is 0 Å². The molecule has 0 saturated heterocycles. The van der Waals surface area contributed by atoms with E-state index in [1.807, 2.05) is 0 Å². The predicted molar refractivity (Wildman–Crippen MR) is 78.5 cm³/mol. The van der Waals surface area contributed by atoms with Crippen molar-refractivity contribution in [3.05, 3.63) is 17.5 Å². The summed E-state index contributed by atoms with van der Waals surface area (Å²) >= 11 is 0. The number of esters is 1. The average Bonchev–Trinajstić information content (AvgIpc) is 2.65. The highest BCUT2D eigenvalue weighted by Gasteiger charge is 2.29. The van der Waals surface area contributed by atoms with Crippen molar-refractivity contribution in [2.75, 3.05) is 19.6 Å². The van der Waals surface area contributed by atoms with E-state index in [0.717, 1.165) is 5.69 Å². The fourth-order valence-corrected chi connectivity index (χ4v) is 2.00. The van der Waals surface area contributed by atoms with Crippen molar-refractivity contribution in [1.29, 1.82) is 0 Å². The number of hydrogen-bond acceptors (Lipinski definition) is 4. The summed E-state index contributed by atoms with van der Waals surface area (Å²) < 4.78 is 12.5. The molecule has 0 saturated carbocycles. The minimum atomic E-state index is -1.19. The van der Waals surface area contributed by atoms with Gasteiger partial charge in [0.2, 0.25) is 0 Å². The van der Waals surface area contributed by atoms with Crippen molar-refractivity contribution in [2.24, 2.45) is 7.05 Å². The maximum atomic E-state index is 11.4. The van der Waals surface area contributed by atoms with Crippen LogP contribution in [0.3, 0.4) is 0 Å². The Morgan fingerprint density at radius 3 is 2.47 bits per heavy atom. The summed E-state index contributed by atoms with van der Waals surface area (Å²) in [5, 5.41) is 4.12. The van der Waals surface area contributed by atoms with Crippen LogP contribution in [-0.2, 0) is 22.6 Å². The lowest BCUT2D eigenvalue weighted by molar-refractivity contribution is 0.0593. The Balaban J connectivity index is 2.79. The van der Waals surface area contributed by atoms with E-state index < -0.39 is 16.3 Å². The van der Waals surface area contributed by atoms with E-state index in [1.165, 1.54) is 7.11 Å². The van der Waals surface area contributed by atoms with Crippen molar-refractivity contribution in [1.82, 2.24) is 9.78 Å². The molecule has 110 valence electrons. The van der Waals surface area contributed by atoms with E-state index in [4.69, 9.17) is 4.18 Å². The second-order valence-electron chi connectivity index (χ2n) is 5.74. The highest BCUT2D eigenvalue weighted by molar-refractivity contribution is 8.29. The maximum absolute atomic E-state index is 11.4. The Morgan fingerprint density at radius 1 is 1.42 bits per heavy atom. The minimum absolute atomic E-state index is 0.108. The number of carbonyl (C=O) groups excluding carboxylic acids is 1. The molecule has 0 N–H and O–H groups in total. The average molecular weight is 288 g/mol. The van der Waals surface area contributed by atoms with Gasteiger partial charge in [0.1, 0.15) is 6.61 Å². The first-order valence-corrected chi connectivity index (χ1v) is 8.44. The van der Waals surface area contributed by atoms with Gasteiger partial charge in [-0.1, -0.05) is 20.8 Å². The van der Waals surface area contributed by atoms with Crippen LogP contribution in [0.5, 0.6) is 0 Å². The molecule has 0 aliphatic carbocycles. The molecule has 0 aromatic carbocycles. The first-order valence-electron chi connectivity index (χ1n) is 6.07. The molecule has 5 nitrogen and oxygen atoms in total. The fourth-order valence-electron chi connectivity index (χ4n) is 1.23. The third-order valence-electron chi connectivity index (χ3n) is 3.35. The lowest BCUT2D eigenvalue weighted by atomic mass is 10.3. The van der Waals surface area contributed by atoms with E-state index >= 15 is 0 Å². The Hall–Kier alpha value is -1.01. The molecule has 1 rings (SSSR count). The number of aryl methyl sites for hydroxylation is 1. The van der Waals surface area contributed by atoms with Gasteiger partial charge in [-0.15, -0.1) is 10.3 Å². The number of nitrogens with zero attached hydrogens (tertiary/aromatic N) is 2. The van der Waals surface area contributed by atoms with Gasteiger partial charge in [0.25, 0.3) is 0 Å². The van der Waals surface area contributed by atoms with Crippen LogP contribution in [0.25, 0.3) is 0 Å². The lowest BCUT2D eigenvalue weighted by Crippen LogP contribution is -2.25. The third-order valence-corrected chi connectivity index (χ3v) is 7.00. The van der Waals surface area contributed by atoms with E-state index in [-0.39, 0.29) is 4.75 Å². The summed E-state index contributed by atoms with van der Waals surface area (Å²) in [5.41, 5.74) is 1.18. The molecule has 1 aromatic heterocycles. The maximum Gasteiger partial charge on any atom is 0.358 e. The summed E-state index contributed by atoms with van der Waals surface area (Å²) in [6, 6.07) is 1.71. The van der Waals surface area contributed by atoms with E-state index in [1.54, 1.807) is 17.8 Å². The fraction of sp³-hybridized carbons (Fsp3) is 0.692. The first kappa shape index (κ1) is 16.0. The molecule has 1 aromatic rings. The lowest BCUT2D eigenvalue weighted by Gasteiger charge is -2.43. The second-order valence-corrected chi connectivity index (χ2v) is 9.67. The SMILES string of the molecule is COC(=O)c1cc(COS(C)(C)C(C)(C)C)n(C)n1. The standard InChI is InChI=1S/C13H24N2O3S/c1-13(2,3)19(6,7)18-9-10-8-11(12(16)17-5)14-15(10)4/h8H,9H2,1-7H3. The number of hydrogen-bond donors (Lipinski definition) is 0. The van der Waals surface area contributed by atoms with E-state index in [2.05, 4.69) is 43.1 Å². The van der Waals surface area contributed by atoms with Crippen LogP contribution in [-0.4, -0.2) is 40.1 Å². The molecule has 19 heavy (non-hydrogen) atoms. The number of aromatic nitrogens is 2. The van der Waals surface area contributed by atoms with E-state index in [0.29, 0.717) is 12.3 Å². The zero-order valence-electron chi connectivity index (χ0n) is 12.8. The molecule has 0 fully saturated rings. The topological polar surface area (TPSA) is 53.4 Å². The molecular formula is C13H24N2O3S. The number of ether oxygens (including phenoxy) is 1. The number of rotatable bonds is 4. The summed E-state index contributed by atoms with van der Waals surface area (Å²) in [6.07, 6.45) is 4.29. The molecule has 0 unspecified atom stereocenters. The molecule has 0 atom stereocenters. The van der Waals surface area contributed by atoms with Crippen LogP contribution in [0.4, 0.5) is 0 Å². The van der Waals surface area contributed by atoms with Crippen molar-refractivity contribution >= 4 is 16.3 Å². The molecule has 0 radical (unpaired) electrons. The Kier molecular flexibility index (Phi) is 4.68.